The van der Waals surface area contributed by atoms with Gasteiger partial charge in [0.15, 0.2) is 0 Å². The Bertz CT molecular complexity index is 3020. The van der Waals surface area contributed by atoms with E-state index in [2.05, 4.69) is 259 Å². The zero-order chi connectivity index (χ0) is 50.1. The van der Waals surface area contributed by atoms with Crippen LogP contribution in [0.2, 0.25) is 0 Å². The second kappa shape index (κ2) is 19.3. The number of hydrogen-bond acceptors (Lipinski definition) is 5. The molecule has 0 amide bonds. The summed E-state index contributed by atoms with van der Waals surface area (Å²) in [5, 5.41) is 0. The van der Waals surface area contributed by atoms with Crippen molar-refractivity contribution in [2.24, 2.45) is 4.99 Å². The van der Waals surface area contributed by atoms with Gasteiger partial charge in [0, 0.05) is 46.0 Å². The van der Waals surface area contributed by atoms with Crippen molar-refractivity contribution in [1.82, 2.24) is 4.98 Å². The number of ether oxygens (including phenoxy) is 1. The van der Waals surface area contributed by atoms with Gasteiger partial charge in [-0.3, -0.25) is 0 Å². The van der Waals surface area contributed by atoms with Gasteiger partial charge in [-0.05, 0) is 89.5 Å². The SMILES string of the molecule is Cc1cc(Oc2[c-]c(C3=NC(C)(C)[C@](C)(C(c4ccccc4)c4ccccc4)N3c3c(C(C)C)cccc3C(C)C)cc(C(C)C)c2)[c-]c(N2c3ccc(C(C)(C)C)cc3C(C)(C)c3cccnc32)c1.[Pt+2]. The molecule has 0 radical (unpaired) electrons. The van der Waals surface area contributed by atoms with E-state index in [1.165, 1.54) is 44.6 Å². The largest absolute Gasteiger partial charge is 2.00 e. The molecule has 368 valence electrons. The quantitative estimate of drug-likeness (QED) is 0.121. The molecule has 1 aromatic heterocycles. The monoisotopic (exact) mass is 1120 g/mol. The smallest absolute Gasteiger partial charge is 0.503 e. The molecule has 0 N–H and O–H groups in total. The van der Waals surface area contributed by atoms with Crippen molar-refractivity contribution in [3.05, 3.63) is 207 Å². The Morgan fingerprint density at radius 1 is 0.606 bits per heavy atom. The zero-order valence-electron chi connectivity index (χ0n) is 44.6. The molecular formula is C65H72N4OPt. The average Bonchev–Trinajstić information content (AvgIpc) is 3.52. The molecule has 2 aliphatic rings. The zero-order valence-corrected chi connectivity index (χ0v) is 46.9. The number of nitrogens with zero attached hydrogens (tertiary/aromatic N) is 4. The Hall–Kier alpha value is -5.77. The van der Waals surface area contributed by atoms with Crippen LogP contribution in [-0.2, 0) is 31.9 Å². The second-order valence-electron chi connectivity index (χ2n) is 23.0. The number of para-hydroxylation sites is 1. The van der Waals surface area contributed by atoms with Gasteiger partial charge in [0.1, 0.15) is 5.82 Å². The number of rotatable bonds is 11. The van der Waals surface area contributed by atoms with Gasteiger partial charge in [-0.15, -0.1) is 35.4 Å². The van der Waals surface area contributed by atoms with Gasteiger partial charge >= 0.3 is 21.1 Å². The van der Waals surface area contributed by atoms with E-state index in [-0.39, 0.29) is 55.6 Å². The third-order valence-electron chi connectivity index (χ3n) is 15.4. The summed E-state index contributed by atoms with van der Waals surface area (Å²) in [5.74, 6) is 3.70. The molecular weight excluding hydrogens is 1050 g/mol. The van der Waals surface area contributed by atoms with Gasteiger partial charge in [-0.25, -0.2) is 4.98 Å². The predicted octanol–water partition coefficient (Wildman–Crippen LogP) is 17.2. The van der Waals surface area contributed by atoms with Crippen LogP contribution < -0.4 is 14.5 Å². The summed E-state index contributed by atoms with van der Waals surface area (Å²) in [6.45, 7) is 34.4. The third-order valence-corrected chi connectivity index (χ3v) is 15.4. The van der Waals surface area contributed by atoms with Crippen molar-refractivity contribution < 1.29 is 25.8 Å². The molecule has 0 saturated heterocycles. The van der Waals surface area contributed by atoms with E-state index in [1.54, 1.807) is 0 Å². The van der Waals surface area contributed by atoms with Crippen molar-refractivity contribution in [3.63, 3.8) is 0 Å². The molecule has 3 heterocycles. The topological polar surface area (TPSA) is 41.0 Å². The van der Waals surface area contributed by atoms with Crippen LogP contribution in [0.25, 0.3) is 0 Å². The molecule has 6 aromatic carbocycles. The molecule has 7 aromatic rings. The summed E-state index contributed by atoms with van der Waals surface area (Å²) in [5.41, 5.74) is 13.7. The molecule has 0 aliphatic carbocycles. The number of hydrogen-bond donors (Lipinski definition) is 0. The van der Waals surface area contributed by atoms with E-state index in [0.29, 0.717) is 11.5 Å². The summed E-state index contributed by atoms with van der Waals surface area (Å²) in [6.07, 6.45) is 1.89. The normalized spacial score (nSPS) is 17.1. The Morgan fingerprint density at radius 3 is 1.79 bits per heavy atom. The number of amidine groups is 1. The van der Waals surface area contributed by atoms with E-state index >= 15 is 0 Å². The average molecular weight is 1120 g/mol. The molecule has 0 bridgehead atoms. The number of fused-ring (bicyclic) bond motifs is 2. The second-order valence-corrected chi connectivity index (χ2v) is 23.0. The van der Waals surface area contributed by atoms with Crippen molar-refractivity contribution in [2.75, 3.05) is 9.80 Å². The van der Waals surface area contributed by atoms with E-state index < -0.39 is 11.1 Å². The molecule has 9 rings (SSSR count). The fourth-order valence-electron chi connectivity index (χ4n) is 11.1. The molecule has 0 saturated carbocycles. The molecule has 0 unspecified atom stereocenters. The van der Waals surface area contributed by atoms with E-state index in [0.717, 1.165) is 39.7 Å². The van der Waals surface area contributed by atoms with Crippen LogP contribution in [-0.4, -0.2) is 21.9 Å². The standard InChI is InChI=1S/C65H72N4O.Pt/c1-41(2)47-36-48(38-52(37-47)70-51-35-44(7)34-50(40-51)68-57-32-31-49(62(8,9)10)39-56(57)63(11,12)55-30-23-33-66-61(55)68)60-67-64(13,14)65(15,58(45-24-18-16-19-25-45)46-26-20-17-21-27-46)69(60)59-53(42(3)4)28-22-29-54(59)43(5)6;/h16-37,39,41-43,58H,1-15H3;/q-2;+2/t65-;/m0./s1. The number of pyridine rings is 1. The number of anilines is 4. The van der Waals surface area contributed by atoms with Crippen LogP contribution in [0.5, 0.6) is 11.5 Å². The molecule has 2 aliphatic heterocycles. The van der Waals surface area contributed by atoms with Gasteiger partial charge in [0.25, 0.3) is 0 Å². The van der Waals surface area contributed by atoms with Crippen LogP contribution in [0.3, 0.4) is 0 Å². The first kappa shape index (κ1) is 51.6. The van der Waals surface area contributed by atoms with Crippen LogP contribution in [0, 0.1) is 19.1 Å². The first-order valence-electron chi connectivity index (χ1n) is 25.4. The van der Waals surface area contributed by atoms with Crippen LogP contribution >= 0.6 is 0 Å². The maximum Gasteiger partial charge on any atom is 2.00 e. The van der Waals surface area contributed by atoms with E-state index in [9.17, 15) is 0 Å². The van der Waals surface area contributed by atoms with Gasteiger partial charge < -0.3 is 19.5 Å². The Kier molecular flexibility index (Phi) is 14.0. The minimum Gasteiger partial charge on any atom is -0.503 e. The molecule has 5 nitrogen and oxygen atoms in total. The third kappa shape index (κ3) is 9.22. The van der Waals surface area contributed by atoms with E-state index in [1.807, 2.05) is 6.20 Å². The molecule has 0 fully saturated rings. The van der Waals surface area contributed by atoms with Gasteiger partial charge in [-0.1, -0.05) is 198 Å². The number of aromatic nitrogens is 1. The summed E-state index contributed by atoms with van der Waals surface area (Å²) >= 11 is 0. The Balaban J connectivity index is 0.00000676. The fourth-order valence-corrected chi connectivity index (χ4v) is 11.1. The Morgan fingerprint density at radius 2 is 1.21 bits per heavy atom. The summed E-state index contributed by atoms with van der Waals surface area (Å²) in [6, 6.07) is 56.5. The van der Waals surface area contributed by atoms with Crippen LogP contribution in [0.1, 0.15) is 176 Å². The van der Waals surface area contributed by atoms with Crippen molar-refractivity contribution in [1.29, 1.82) is 0 Å². The maximum absolute atomic E-state index is 7.09. The molecule has 1 atom stereocenters. The van der Waals surface area contributed by atoms with Crippen molar-refractivity contribution in [3.8, 4) is 11.5 Å². The fraction of sp³-hybridized carbons (Fsp3) is 0.354. The van der Waals surface area contributed by atoms with Crippen molar-refractivity contribution >= 4 is 28.7 Å². The Labute approximate surface area is 440 Å². The number of aryl methyl sites for hydroxylation is 1. The predicted molar refractivity (Wildman–Crippen MR) is 294 cm³/mol. The van der Waals surface area contributed by atoms with Crippen LogP contribution in [0.15, 0.2) is 145 Å². The number of aliphatic imine (C=N–C) groups is 1. The first-order chi connectivity index (χ1) is 33.1. The minimum absolute atomic E-state index is 0. The number of benzene rings is 6. The summed E-state index contributed by atoms with van der Waals surface area (Å²) in [7, 11) is 0. The maximum atomic E-state index is 7.09. The molecule has 71 heavy (non-hydrogen) atoms. The van der Waals surface area contributed by atoms with Crippen molar-refractivity contribution in [2.45, 2.75) is 149 Å². The minimum atomic E-state index is -0.598. The first-order valence-corrected chi connectivity index (χ1v) is 25.4. The summed E-state index contributed by atoms with van der Waals surface area (Å²) in [4.78, 5) is 15.9. The van der Waals surface area contributed by atoms with Gasteiger partial charge in [-0.2, -0.15) is 5.56 Å². The molecule has 6 heteroatoms. The van der Waals surface area contributed by atoms with E-state index in [4.69, 9.17) is 14.7 Å². The summed E-state index contributed by atoms with van der Waals surface area (Å²) < 4.78 is 7.09. The van der Waals surface area contributed by atoms with Crippen LogP contribution in [0.4, 0.5) is 22.9 Å². The van der Waals surface area contributed by atoms with Gasteiger partial charge in [0.2, 0.25) is 0 Å². The molecule has 0 spiro atoms. The van der Waals surface area contributed by atoms with Gasteiger partial charge in [0.05, 0.1) is 16.9 Å².